The second-order valence-corrected chi connectivity index (χ2v) is 9.61. The van der Waals surface area contributed by atoms with Crippen LogP contribution in [0, 0.1) is 12.8 Å². The number of ether oxygens (including phenoxy) is 2. The minimum atomic E-state index is -0.368. The van der Waals surface area contributed by atoms with Crippen molar-refractivity contribution in [3.05, 3.63) is 70.1 Å². The molecule has 0 unspecified atom stereocenters. The van der Waals surface area contributed by atoms with Gasteiger partial charge in [0.05, 0.1) is 12.2 Å². The number of aryl methyl sites for hydroxylation is 1. The van der Waals surface area contributed by atoms with Crippen LogP contribution >= 0.6 is 11.3 Å². The molecule has 0 fully saturated rings. The number of amides is 1. The van der Waals surface area contributed by atoms with Gasteiger partial charge in [0.15, 0.2) is 6.61 Å². The van der Waals surface area contributed by atoms with Gasteiger partial charge in [-0.2, -0.15) is 0 Å². The van der Waals surface area contributed by atoms with Crippen LogP contribution in [0.4, 0.5) is 5.00 Å². The van der Waals surface area contributed by atoms with Crippen LogP contribution in [-0.2, 0) is 22.4 Å². The molecule has 6 heteroatoms. The summed E-state index contributed by atoms with van der Waals surface area (Å²) in [6.45, 7) is 6.23. The highest BCUT2D eigenvalue weighted by molar-refractivity contribution is 7.17. The van der Waals surface area contributed by atoms with Crippen LogP contribution in [0.3, 0.4) is 0 Å². The van der Waals surface area contributed by atoms with E-state index in [-0.39, 0.29) is 18.5 Å². The predicted octanol–water partition coefficient (Wildman–Crippen LogP) is 6.04. The van der Waals surface area contributed by atoms with E-state index in [0.717, 1.165) is 36.0 Å². The van der Waals surface area contributed by atoms with Crippen molar-refractivity contribution in [2.75, 3.05) is 18.5 Å². The van der Waals surface area contributed by atoms with E-state index in [4.69, 9.17) is 9.47 Å². The van der Waals surface area contributed by atoms with Crippen molar-refractivity contribution in [1.82, 2.24) is 0 Å². The molecule has 0 bridgehead atoms. The molecule has 5 nitrogen and oxygen atoms in total. The van der Waals surface area contributed by atoms with Crippen LogP contribution in [0.1, 0.15) is 46.6 Å². The molecule has 0 saturated heterocycles. The Hall–Kier alpha value is -3.12. The number of carbonyl (C=O) groups excluding carboxylic acids is 2. The largest absolute Gasteiger partial charge is 0.484 e. The van der Waals surface area contributed by atoms with E-state index in [1.807, 2.05) is 24.3 Å². The van der Waals surface area contributed by atoms with Gasteiger partial charge in [-0.1, -0.05) is 48.9 Å². The number of carbonyl (C=O) groups is 2. The van der Waals surface area contributed by atoms with Gasteiger partial charge < -0.3 is 14.8 Å². The molecule has 2 aromatic carbocycles. The van der Waals surface area contributed by atoms with E-state index in [2.05, 4.69) is 43.4 Å². The molecule has 0 aliphatic heterocycles. The quantitative estimate of drug-likeness (QED) is 0.434. The Bertz CT molecular complexity index is 1130. The third kappa shape index (κ3) is 5.45. The summed E-state index contributed by atoms with van der Waals surface area (Å²) in [4.78, 5) is 26.4. The average Bonchev–Trinajstić information content (AvgIpc) is 3.15. The molecule has 1 amide bonds. The van der Waals surface area contributed by atoms with E-state index in [1.54, 1.807) is 6.92 Å². The SMILES string of the molecule is CCOC(=O)c1c(NC(=O)COc2ccc(-c3ccc(C)cc3)cc2)sc2c1CC[C@@H](C)C2. The predicted molar refractivity (Wildman–Crippen MR) is 132 cm³/mol. The van der Waals surface area contributed by atoms with Crippen LogP contribution in [0.15, 0.2) is 48.5 Å². The third-order valence-corrected chi connectivity index (χ3v) is 7.02. The summed E-state index contributed by atoms with van der Waals surface area (Å²) < 4.78 is 11.0. The maximum Gasteiger partial charge on any atom is 0.341 e. The molecule has 3 aromatic rings. The molecule has 0 spiro atoms. The van der Waals surface area contributed by atoms with E-state index in [0.29, 0.717) is 28.8 Å². The van der Waals surface area contributed by atoms with Gasteiger partial charge in [-0.25, -0.2) is 4.79 Å². The van der Waals surface area contributed by atoms with Crippen molar-refractivity contribution in [3.8, 4) is 16.9 Å². The molecule has 1 N–H and O–H groups in total. The zero-order valence-electron chi connectivity index (χ0n) is 19.3. The van der Waals surface area contributed by atoms with Gasteiger partial charge in [0.2, 0.25) is 0 Å². The number of benzene rings is 2. The van der Waals surface area contributed by atoms with Gasteiger partial charge >= 0.3 is 5.97 Å². The number of hydrogen-bond acceptors (Lipinski definition) is 5. The fourth-order valence-corrected chi connectivity index (χ4v) is 5.47. The first-order chi connectivity index (χ1) is 15.9. The standard InChI is InChI=1S/C27H29NO4S/c1-4-31-27(30)25-22-14-7-18(3)15-23(22)33-26(25)28-24(29)16-32-21-12-10-20(11-13-21)19-8-5-17(2)6-9-19/h5-6,8-13,18H,4,7,14-16H2,1-3H3,(H,28,29)/t18-/m1/s1. The summed E-state index contributed by atoms with van der Waals surface area (Å²) in [7, 11) is 0. The number of hydrogen-bond donors (Lipinski definition) is 1. The van der Waals surface area contributed by atoms with E-state index >= 15 is 0 Å². The summed E-state index contributed by atoms with van der Waals surface area (Å²) in [5, 5.41) is 3.45. The van der Waals surface area contributed by atoms with Crippen LogP contribution in [0.2, 0.25) is 0 Å². The second-order valence-electron chi connectivity index (χ2n) is 8.50. The lowest BCUT2D eigenvalue weighted by Gasteiger charge is -2.18. The Balaban J connectivity index is 1.41. The molecule has 0 saturated carbocycles. The number of esters is 1. The molecule has 1 heterocycles. The average molecular weight is 464 g/mol. The summed E-state index contributed by atoms with van der Waals surface area (Å²) in [5.74, 6) is 0.522. The molecular formula is C27H29NO4S. The van der Waals surface area contributed by atoms with Crippen molar-refractivity contribution in [2.24, 2.45) is 5.92 Å². The van der Waals surface area contributed by atoms with E-state index < -0.39 is 0 Å². The lowest BCUT2D eigenvalue weighted by atomic mass is 9.88. The highest BCUT2D eigenvalue weighted by Crippen LogP contribution is 2.40. The lowest BCUT2D eigenvalue weighted by molar-refractivity contribution is -0.118. The number of rotatable bonds is 7. The van der Waals surface area contributed by atoms with Gasteiger partial charge in [0.1, 0.15) is 10.8 Å². The summed E-state index contributed by atoms with van der Waals surface area (Å²) >= 11 is 1.48. The maximum atomic E-state index is 12.6. The van der Waals surface area contributed by atoms with Crippen molar-refractivity contribution >= 4 is 28.2 Å². The fraction of sp³-hybridized carbons (Fsp3) is 0.333. The summed E-state index contributed by atoms with van der Waals surface area (Å²) in [6, 6.07) is 16.0. The van der Waals surface area contributed by atoms with Crippen LogP contribution in [-0.4, -0.2) is 25.1 Å². The Morgan fingerprint density at radius 2 is 1.73 bits per heavy atom. The molecule has 1 aromatic heterocycles. The monoisotopic (exact) mass is 463 g/mol. The normalized spacial score (nSPS) is 14.9. The van der Waals surface area contributed by atoms with E-state index in [9.17, 15) is 9.59 Å². The smallest absolute Gasteiger partial charge is 0.341 e. The highest BCUT2D eigenvalue weighted by Gasteiger charge is 2.29. The first kappa shape index (κ1) is 23.1. The van der Waals surface area contributed by atoms with Crippen molar-refractivity contribution < 1.29 is 19.1 Å². The molecule has 172 valence electrons. The number of thiophene rings is 1. The third-order valence-electron chi connectivity index (χ3n) is 5.85. The second kappa shape index (κ2) is 10.2. The summed E-state index contributed by atoms with van der Waals surface area (Å²) in [5.41, 5.74) is 4.98. The van der Waals surface area contributed by atoms with Gasteiger partial charge in [-0.15, -0.1) is 11.3 Å². The van der Waals surface area contributed by atoms with Gasteiger partial charge in [-0.3, -0.25) is 4.79 Å². The fourth-order valence-electron chi connectivity index (χ4n) is 4.06. The molecule has 0 radical (unpaired) electrons. The number of anilines is 1. The first-order valence-electron chi connectivity index (χ1n) is 11.4. The Kier molecular flexibility index (Phi) is 7.14. The molecular weight excluding hydrogens is 434 g/mol. The molecule has 4 rings (SSSR count). The minimum absolute atomic E-state index is 0.134. The lowest BCUT2D eigenvalue weighted by Crippen LogP contribution is -2.21. The Labute approximate surface area is 198 Å². The van der Waals surface area contributed by atoms with Crippen molar-refractivity contribution in [2.45, 2.75) is 40.0 Å². The zero-order valence-corrected chi connectivity index (χ0v) is 20.1. The topological polar surface area (TPSA) is 64.6 Å². The molecule has 1 atom stereocenters. The number of nitrogens with one attached hydrogen (secondary N) is 1. The Morgan fingerprint density at radius 1 is 1.06 bits per heavy atom. The maximum absolute atomic E-state index is 12.6. The molecule has 1 aliphatic carbocycles. The molecule has 1 aliphatic rings. The van der Waals surface area contributed by atoms with Crippen LogP contribution < -0.4 is 10.1 Å². The highest BCUT2D eigenvalue weighted by atomic mass is 32.1. The first-order valence-corrected chi connectivity index (χ1v) is 12.2. The van der Waals surface area contributed by atoms with Crippen molar-refractivity contribution in [1.29, 1.82) is 0 Å². The summed E-state index contributed by atoms with van der Waals surface area (Å²) in [6.07, 6.45) is 2.79. The zero-order chi connectivity index (χ0) is 23.4. The van der Waals surface area contributed by atoms with Crippen LogP contribution in [0.25, 0.3) is 11.1 Å². The van der Waals surface area contributed by atoms with E-state index in [1.165, 1.54) is 21.8 Å². The Morgan fingerprint density at radius 3 is 2.39 bits per heavy atom. The van der Waals surface area contributed by atoms with Crippen LogP contribution in [0.5, 0.6) is 5.75 Å². The van der Waals surface area contributed by atoms with Gasteiger partial charge in [0, 0.05) is 4.88 Å². The minimum Gasteiger partial charge on any atom is -0.484 e. The van der Waals surface area contributed by atoms with Crippen molar-refractivity contribution in [3.63, 3.8) is 0 Å². The molecule has 33 heavy (non-hydrogen) atoms. The van der Waals surface area contributed by atoms with Gasteiger partial charge in [0.25, 0.3) is 5.91 Å². The number of fused-ring (bicyclic) bond motifs is 1. The van der Waals surface area contributed by atoms with Gasteiger partial charge in [-0.05, 0) is 67.9 Å².